The lowest BCUT2D eigenvalue weighted by atomic mass is 10.1. The Balaban J connectivity index is 1.33. The Morgan fingerprint density at radius 3 is 2.56 bits per heavy atom. The molecule has 2 amide bonds. The van der Waals surface area contributed by atoms with Gasteiger partial charge in [-0.05, 0) is 30.7 Å². The van der Waals surface area contributed by atoms with Crippen molar-refractivity contribution in [2.75, 3.05) is 18.4 Å². The Labute approximate surface area is 158 Å². The number of carbonyl (C=O) groups is 1. The van der Waals surface area contributed by atoms with Crippen LogP contribution in [0.2, 0.25) is 0 Å². The van der Waals surface area contributed by atoms with Crippen LogP contribution in [0, 0.1) is 6.92 Å². The van der Waals surface area contributed by atoms with Gasteiger partial charge in [0.25, 0.3) is 0 Å². The van der Waals surface area contributed by atoms with Crippen molar-refractivity contribution in [1.82, 2.24) is 14.9 Å². The molecule has 1 fully saturated rings. The summed E-state index contributed by atoms with van der Waals surface area (Å²) in [6.45, 7) is 3.30. The van der Waals surface area contributed by atoms with E-state index in [4.69, 9.17) is 4.74 Å². The molecule has 1 aliphatic heterocycles. The average molecular weight is 362 g/mol. The van der Waals surface area contributed by atoms with Crippen LogP contribution >= 0.6 is 0 Å². The Bertz CT molecular complexity index is 952. The van der Waals surface area contributed by atoms with E-state index >= 15 is 0 Å². The Hall–Kier alpha value is -3.15. The summed E-state index contributed by atoms with van der Waals surface area (Å²) < 4.78 is 6.00. The zero-order valence-corrected chi connectivity index (χ0v) is 15.3. The second-order valence-electron chi connectivity index (χ2n) is 6.75. The number of piperidine rings is 1. The third-order valence-corrected chi connectivity index (χ3v) is 4.83. The minimum atomic E-state index is -0.0618. The SMILES string of the molecule is Cc1ccccc1NC(=O)N1CCC(Oc2cnc3ccccc3n2)CC1. The molecule has 6 nitrogen and oxygen atoms in total. The van der Waals surface area contributed by atoms with Gasteiger partial charge in [0.05, 0.1) is 17.2 Å². The molecule has 6 heteroatoms. The molecule has 4 rings (SSSR count). The zero-order valence-electron chi connectivity index (χ0n) is 15.3. The van der Waals surface area contributed by atoms with E-state index in [2.05, 4.69) is 15.3 Å². The van der Waals surface area contributed by atoms with Crippen molar-refractivity contribution in [3.8, 4) is 5.88 Å². The van der Waals surface area contributed by atoms with E-state index in [1.54, 1.807) is 6.20 Å². The summed E-state index contributed by atoms with van der Waals surface area (Å²) in [5, 5.41) is 2.99. The number of benzene rings is 2. The molecule has 0 radical (unpaired) electrons. The monoisotopic (exact) mass is 362 g/mol. The third-order valence-electron chi connectivity index (χ3n) is 4.83. The molecule has 27 heavy (non-hydrogen) atoms. The van der Waals surface area contributed by atoms with Gasteiger partial charge in [-0.3, -0.25) is 0 Å². The number of amides is 2. The highest BCUT2D eigenvalue weighted by Crippen LogP contribution is 2.20. The third kappa shape index (κ3) is 4.00. The van der Waals surface area contributed by atoms with Crippen LogP contribution in [0.25, 0.3) is 11.0 Å². The van der Waals surface area contributed by atoms with Gasteiger partial charge < -0.3 is 15.0 Å². The fourth-order valence-electron chi connectivity index (χ4n) is 3.25. The van der Waals surface area contributed by atoms with Crippen molar-refractivity contribution in [3.63, 3.8) is 0 Å². The maximum atomic E-state index is 12.5. The molecule has 0 aliphatic carbocycles. The molecule has 1 saturated heterocycles. The van der Waals surface area contributed by atoms with Gasteiger partial charge in [-0.2, -0.15) is 0 Å². The van der Waals surface area contributed by atoms with Gasteiger partial charge in [0.2, 0.25) is 5.88 Å². The van der Waals surface area contributed by atoms with Gasteiger partial charge >= 0.3 is 6.03 Å². The van der Waals surface area contributed by atoms with Crippen molar-refractivity contribution >= 4 is 22.8 Å². The van der Waals surface area contributed by atoms with Crippen LogP contribution in [0.15, 0.2) is 54.7 Å². The maximum absolute atomic E-state index is 12.5. The molecule has 0 unspecified atom stereocenters. The van der Waals surface area contributed by atoms with E-state index in [1.165, 1.54) is 0 Å². The number of carbonyl (C=O) groups excluding carboxylic acids is 1. The summed E-state index contributed by atoms with van der Waals surface area (Å²) in [6, 6.07) is 15.5. The molecular formula is C21H22N4O2. The van der Waals surface area contributed by atoms with E-state index in [1.807, 2.05) is 60.4 Å². The van der Waals surface area contributed by atoms with Gasteiger partial charge in [-0.15, -0.1) is 0 Å². The van der Waals surface area contributed by atoms with E-state index < -0.39 is 0 Å². The van der Waals surface area contributed by atoms with Gasteiger partial charge in [0.15, 0.2) is 0 Å². The highest BCUT2D eigenvalue weighted by Gasteiger charge is 2.24. The molecule has 0 saturated carbocycles. The summed E-state index contributed by atoms with van der Waals surface area (Å²) in [5.41, 5.74) is 3.59. The first kappa shape index (κ1) is 17.3. The van der Waals surface area contributed by atoms with Gasteiger partial charge in [0, 0.05) is 31.6 Å². The highest BCUT2D eigenvalue weighted by atomic mass is 16.5. The number of hydrogen-bond acceptors (Lipinski definition) is 4. The standard InChI is InChI=1S/C21H22N4O2/c1-15-6-2-3-7-17(15)24-21(26)25-12-10-16(11-13-25)27-20-14-22-18-8-4-5-9-19(18)23-20/h2-9,14,16H,10-13H2,1H3,(H,24,26). The number of urea groups is 1. The largest absolute Gasteiger partial charge is 0.473 e. The average Bonchev–Trinajstić information content (AvgIpc) is 2.70. The van der Waals surface area contributed by atoms with Crippen molar-refractivity contribution in [2.45, 2.75) is 25.9 Å². The summed E-state index contributed by atoms with van der Waals surface area (Å²) >= 11 is 0. The topological polar surface area (TPSA) is 67.4 Å². The molecule has 2 aromatic carbocycles. The molecule has 0 spiro atoms. The first-order valence-electron chi connectivity index (χ1n) is 9.19. The Morgan fingerprint density at radius 2 is 1.78 bits per heavy atom. The number of nitrogens with one attached hydrogen (secondary N) is 1. The van der Waals surface area contributed by atoms with Crippen LogP contribution in [0.3, 0.4) is 0 Å². The number of aromatic nitrogens is 2. The number of rotatable bonds is 3. The summed E-state index contributed by atoms with van der Waals surface area (Å²) in [6.07, 6.45) is 3.26. The summed E-state index contributed by atoms with van der Waals surface area (Å²) in [7, 11) is 0. The fraction of sp³-hybridized carbons (Fsp3) is 0.286. The van der Waals surface area contributed by atoms with E-state index in [9.17, 15) is 4.79 Å². The number of fused-ring (bicyclic) bond motifs is 1. The van der Waals surface area contributed by atoms with Crippen molar-refractivity contribution < 1.29 is 9.53 Å². The number of nitrogens with zero attached hydrogens (tertiary/aromatic N) is 3. The van der Waals surface area contributed by atoms with Crippen LogP contribution in [0.5, 0.6) is 5.88 Å². The predicted molar refractivity (Wildman–Crippen MR) is 105 cm³/mol. The van der Waals surface area contributed by atoms with Crippen molar-refractivity contribution in [3.05, 3.63) is 60.3 Å². The molecule has 0 bridgehead atoms. The number of likely N-dealkylation sites (tertiary alicyclic amines) is 1. The molecule has 0 atom stereocenters. The van der Waals surface area contributed by atoms with Crippen LogP contribution in [0.4, 0.5) is 10.5 Å². The van der Waals surface area contributed by atoms with Crippen LogP contribution in [-0.2, 0) is 0 Å². The Morgan fingerprint density at radius 1 is 1.07 bits per heavy atom. The molecular weight excluding hydrogens is 340 g/mol. The quantitative estimate of drug-likeness (QED) is 0.764. The second kappa shape index (κ2) is 7.61. The smallest absolute Gasteiger partial charge is 0.321 e. The minimum Gasteiger partial charge on any atom is -0.473 e. The first-order chi connectivity index (χ1) is 13.2. The van der Waals surface area contributed by atoms with Gasteiger partial charge in [0.1, 0.15) is 6.10 Å². The minimum absolute atomic E-state index is 0.0444. The Kier molecular flexibility index (Phi) is 4.87. The fourth-order valence-corrected chi connectivity index (χ4v) is 3.25. The molecule has 1 aliphatic rings. The normalized spacial score (nSPS) is 14.9. The van der Waals surface area contributed by atoms with E-state index in [0.717, 1.165) is 35.1 Å². The van der Waals surface area contributed by atoms with Crippen LogP contribution in [0.1, 0.15) is 18.4 Å². The lowest BCUT2D eigenvalue weighted by molar-refractivity contribution is 0.111. The first-order valence-corrected chi connectivity index (χ1v) is 9.19. The van der Waals surface area contributed by atoms with Crippen molar-refractivity contribution in [1.29, 1.82) is 0 Å². The van der Waals surface area contributed by atoms with E-state index in [0.29, 0.717) is 19.0 Å². The number of hydrogen-bond donors (Lipinski definition) is 1. The van der Waals surface area contributed by atoms with Gasteiger partial charge in [-0.25, -0.2) is 14.8 Å². The maximum Gasteiger partial charge on any atom is 0.321 e. The molecule has 138 valence electrons. The summed E-state index contributed by atoms with van der Waals surface area (Å²) in [4.78, 5) is 23.2. The molecule has 3 aromatic rings. The predicted octanol–water partition coefficient (Wildman–Crippen LogP) is 4.01. The molecule has 1 aromatic heterocycles. The van der Waals surface area contributed by atoms with Gasteiger partial charge in [-0.1, -0.05) is 30.3 Å². The highest BCUT2D eigenvalue weighted by molar-refractivity contribution is 5.90. The number of ether oxygens (including phenoxy) is 1. The summed E-state index contributed by atoms with van der Waals surface area (Å²) in [5.74, 6) is 0.538. The number of aryl methyl sites for hydroxylation is 1. The number of anilines is 1. The lowest BCUT2D eigenvalue weighted by Gasteiger charge is -2.32. The van der Waals surface area contributed by atoms with Crippen LogP contribution in [-0.4, -0.2) is 40.1 Å². The van der Waals surface area contributed by atoms with E-state index in [-0.39, 0.29) is 12.1 Å². The lowest BCUT2D eigenvalue weighted by Crippen LogP contribution is -2.43. The number of para-hydroxylation sites is 3. The van der Waals surface area contributed by atoms with Crippen LogP contribution < -0.4 is 10.1 Å². The second-order valence-corrected chi connectivity index (χ2v) is 6.75. The van der Waals surface area contributed by atoms with Crippen molar-refractivity contribution in [2.24, 2.45) is 0 Å². The molecule has 2 heterocycles. The molecule has 1 N–H and O–H groups in total. The zero-order chi connectivity index (χ0) is 18.6.